The van der Waals surface area contributed by atoms with E-state index in [0.29, 0.717) is 0 Å². The van der Waals surface area contributed by atoms with Gasteiger partial charge in [-0.3, -0.25) is 0 Å². The second-order valence-electron chi connectivity index (χ2n) is 21.2. The summed E-state index contributed by atoms with van der Waals surface area (Å²) in [5, 5.41) is 0. The summed E-state index contributed by atoms with van der Waals surface area (Å²) in [6, 6.07) is 20.4. The van der Waals surface area contributed by atoms with Crippen molar-refractivity contribution >= 4 is 0 Å². The fraction of sp³-hybridized carbons (Fsp3) is 0.533. The maximum absolute atomic E-state index is 8.49. The van der Waals surface area contributed by atoms with E-state index in [1.54, 1.807) is 0 Å². The molecule has 0 spiro atoms. The average Bonchev–Trinajstić information content (AvgIpc) is 3.03. The zero-order chi connectivity index (χ0) is 49.9. The van der Waals surface area contributed by atoms with Gasteiger partial charge in [0.25, 0.3) is 0 Å². The average molecular weight is 950 g/mol. The highest BCUT2D eigenvalue weighted by Gasteiger charge is 2.37. The van der Waals surface area contributed by atoms with E-state index >= 15 is 0 Å². The maximum atomic E-state index is 8.49. The Bertz CT molecular complexity index is 1760. The summed E-state index contributed by atoms with van der Waals surface area (Å²) in [7, 11) is -14.8. The van der Waals surface area contributed by atoms with Crippen LogP contribution >= 0.6 is 0 Å². The van der Waals surface area contributed by atoms with Gasteiger partial charge in [0, 0.05) is 36.4 Å². The fourth-order valence-corrected chi connectivity index (χ4v) is 5.35. The molecule has 4 rings (SSSR count). The highest BCUT2D eigenvalue weighted by molar-refractivity contribution is 5.82. The third-order valence-corrected chi connectivity index (χ3v) is 8.75. The minimum Gasteiger partial charge on any atom is -0.222 e. The highest BCUT2D eigenvalue weighted by Crippen LogP contribution is 2.41. The lowest BCUT2D eigenvalue weighted by Crippen LogP contribution is -2.68. The van der Waals surface area contributed by atoms with Gasteiger partial charge in [-0.1, -0.05) is 0 Å². The lowest BCUT2D eigenvalue weighted by molar-refractivity contribution is -2.00. The summed E-state index contributed by atoms with van der Waals surface area (Å²) < 4.78 is 122. The molecule has 0 amide bonds. The van der Waals surface area contributed by atoms with Crippen LogP contribution in [-0.4, -0.2) is 0 Å². The molecule has 3 heterocycles. The van der Waals surface area contributed by atoms with Crippen LogP contribution in [0.2, 0.25) is 0 Å². The van der Waals surface area contributed by atoms with Crippen molar-refractivity contribution in [3.05, 3.63) is 89.2 Å². The van der Waals surface area contributed by atoms with Crippen LogP contribution in [0.1, 0.15) is 159 Å². The van der Waals surface area contributed by atoms with E-state index in [2.05, 4.69) is 179 Å². The van der Waals surface area contributed by atoms with Gasteiger partial charge in [-0.25, -0.2) is 69.2 Å². The van der Waals surface area contributed by atoms with Crippen molar-refractivity contribution in [3.8, 4) is 33.4 Å². The first-order valence-electron chi connectivity index (χ1n) is 19.5. The van der Waals surface area contributed by atoms with Gasteiger partial charge in [0.1, 0.15) is 0 Å². The SMILES string of the molecule is CC(C)(C)c1cc(-c2cc(-c3cc(C(C)(C)C)[o+]c(C(C)(C)C)c3)cc(-c3cc(C(C)(C)C)[o+]c(C(C)(C)C)c3)c2)cc(C(C)(C)C)[o+]1.[O-][Cl+3]([O-])([O-])[O-].[O-][Cl+3]([O-])([O-])[O-].[O-][Cl+3]([O-])([O-])[O-]. The second-order valence-corrected chi connectivity index (χ2v) is 23.4. The van der Waals surface area contributed by atoms with Gasteiger partial charge in [0.15, 0.2) is 0 Å². The van der Waals surface area contributed by atoms with Gasteiger partial charge in [0.05, 0.1) is 32.5 Å². The quantitative estimate of drug-likeness (QED) is 0.241. The van der Waals surface area contributed by atoms with Crippen LogP contribution < -0.4 is 55.9 Å². The van der Waals surface area contributed by atoms with Gasteiger partial charge in [0.2, 0.25) is 0 Å². The van der Waals surface area contributed by atoms with Gasteiger partial charge in [-0.2, -0.15) is 0 Å². The Morgan fingerprint density at radius 1 is 0.238 bits per heavy atom. The number of benzene rings is 1. The molecule has 0 atom stereocenters. The molecule has 0 aliphatic carbocycles. The first-order valence-corrected chi connectivity index (χ1v) is 23.2. The standard InChI is InChI=1S/C45H63O3.3ClHO4/c1-40(2,3)34-22-31(23-35(46-34)41(4,5)6)28-19-29(32-24-36(42(7,8)9)47-37(25-32)43(10,11)12)21-30(20-28)33-26-38(44(13,14)15)48-39(27-33)45(16,17)18;3*2-1(3,4)5/h19-27H,1-18H3;3*(H,2,3,4,5)/q+3;;;/p-3. The summed E-state index contributed by atoms with van der Waals surface area (Å²) in [6.45, 7) is 39.9. The molecule has 0 fully saturated rings. The van der Waals surface area contributed by atoms with Gasteiger partial charge >= 0.3 is 34.6 Å². The minimum absolute atomic E-state index is 0.148. The molecule has 354 valence electrons. The Kier molecular flexibility index (Phi) is 18.7. The first-order chi connectivity index (χ1) is 27.5. The van der Waals surface area contributed by atoms with Crippen molar-refractivity contribution in [2.45, 2.75) is 157 Å². The molecule has 1 aromatic carbocycles. The third kappa shape index (κ3) is 22.2. The molecule has 4 aromatic rings. The largest absolute Gasteiger partial charge is 0.335 e. The highest BCUT2D eigenvalue weighted by atomic mass is 35.7. The van der Waals surface area contributed by atoms with E-state index in [0.717, 1.165) is 67.9 Å². The molecule has 15 nitrogen and oxygen atoms in total. The van der Waals surface area contributed by atoms with Crippen molar-refractivity contribution in [1.29, 1.82) is 0 Å². The van der Waals surface area contributed by atoms with Crippen LogP contribution in [0.25, 0.3) is 33.4 Å². The van der Waals surface area contributed by atoms with Gasteiger partial charge < -0.3 is 0 Å². The molecule has 63 heavy (non-hydrogen) atoms. The normalized spacial score (nSPS) is 13.2. The van der Waals surface area contributed by atoms with Crippen LogP contribution in [0.5, 0.6) is 0 Å². The Balaban J connectivity index is 0.00000114. The molecule has 18 heteroatoms. The molecule has 0 saturated heterocycles. The van der Waals surface area contributed by atoms with Crippen molar-refractivity contribution in [2.75, 3.05) is 0 Å². The first kappa shape index (κ1) is 58.1. The second kappa shape index (κ2) is 20.3. The molecule has 0 radical (unpaired) electrons. The lowest BCUT2D eigenvalue weighted by Gasteiger charge is -2.18. The van der Waals surface area contributed by atoms with Crippen molar-refractivity contribution in [3.63, 3.8) is 0 Å². The van der Waals surface area contributed by atoms with Crippen LogP contribution in [0.15, 0.2) is 67.8 Å². The zero-order valence-corrected chi connectivity index (χ0v) is 41.7. The molecule has 0 saturated carbocycles. The molecule has 0 aliphatic heterocycles. The fourth-order valence-electron chi connectivity index (χ4n) is 5.35. The number of halogens is 3. The third-order valence-electron chi connectivity index (χ3n) is 8.75. The monoisotopic (exact) mass is 948 g/mol. The predicted octanol–water partition coefficient (Wildman–Crippen LogP) is -0.173. The summed E-state index contributed by atoms with van der Waals surface area (Å²) >= 11 is 0. The van der Waals surface area contributed by atoms with E-state index in [-0.39, 0.29) is 32.5 Å². The van der Waals surface area contributed by atoms with E-state index in [1.165, 1.54) is 0 Å². The lowest BCUT2D eigenvalue weighted by atomic mass is 9.84. The molecule has 0 aliphatic rings. The predicted molar refractivity (Wildman–Crippen MR) is 205 cm³/mol. The van der Waals surface area contributed by atoms with Crippen molar-refractivity contribution in [2.24, 2.45) is 0 Å². The molecule has 0 unspecified atom stereocenters. The maximum Gasteiger partial charge on any atom is 0.335 e. The zero-order valence-electron chi connectivity index (χ0n) is 39.5. The van der Waals surface area contributed by atoms with Crippen LogP contribution in [0, 0.1) is 30.7 Å². The smallest absolute Gasteiger partial charge is 0.222 e. The van der Waals surface area contributed by atoms with Gasteiger partial charge in [-0.15, -0.1) is 30.7 Å². The molecular weight excluding hydrogens is 887 g/mol. The van der Waals surface area contributed by atoms with Gasteiger partial charge in [-0.05, 0) is 176 Å². The van der Waals surface area contributed by atoms with Crippen molar-refractivity contribution < 1.29 is 99.9 Å². The minimum atomic E-state index is -4.94. The summed E-state index contributed by atoms with van der Waals surface area (Å²) in [5.74, 6) is 5.86. The Morgan fingerprint density at radius 2 is 0.333 bits per heavy atom. The number of hydrogen-bond donors (Lipinski definition) is 0. The van der Waals surface area contributed by atoms with Crippen LogP contribution in [0.3, 0.4) is 0 Å². The summed E-state index contributed by atoms with van der Waals surface area (Å²) in [6.07, 6.45) is 0. The molecular formula is C45H63Cl3O15. The topological polar surface area (TPSA) is 311 Å². The summed E-state index contributed by atoms with van der Waals surface area (Å²) in [4.78, 5) is 0. The number of hydrogen-bond acceptors (Lipinski definition) is 12. The van der Waals surface area contributed by atoms with Crippen LogP contribution in [0.4, 0.5) is 0 Å². The van der Waals surface area contributed by atoms with Crippen LogP contribution in [-0.2, 0) is 32.5 Å². The molecule has 0 bridgehead atoms. The molecule has 3 aromatic heterocycles. The van der Waals surface area contributed by atoms with E-state index in [9.17, 15) is 0 Å². The number of rotatable bonds is 3. The van der Waals surface area contributed by atoms with E-state index in [1.807, 2.05) is 0 Å². The Labute approximate surface area is 378 Å². The Morgan fingerprint density at radius 3 is 0.429 bits per heavy atom. The summed E-state index contributed by atoms with van der Waals surface area (Å²) in [5.41, 5.74) is 6.03. The Hall–Kier alpha value is -2.94. The van der Waals surface area contributed by atoms with E-state index < -0.39 is 30.7 Å². The van der Waals surface area contributed by atoms with E-state index in [4.69, 9.17) is 69.2 Å². The van der Waals surface area contributed by atoms with Crippen molar-refractivity contribution in [1.82, 2.24) is 0 Å². The molecule has 0 N–H and O–H groups in total.